The van der Waals surface area contributed by atoms with Gasteiger partial charge in [-0.25, -0.2) is 0 Å². The van der Waals surface area contributed by atoms with E-state index in [9.17, 15) is 4.79 Å². The standard InChI is InChI=1S/C68H62N2OS/c1-7-66(8-2)57-42-50(69(46-25-17-13-18-26-46)47-27-19-14-20-28-47)34-38-53(57)60-61-54-39-35-51(70(48-29-21-15-22-30-48)49-31-23-16-24-32-49)43-58(54)68(11-5,12-6)64(61)65-62(63(60)66)55-37-33-45(59-40-36-52(44-71)72-59)41-56(55)67(65,9-3)10-4/h13-44H,7-12H2,1-6H3. The molecule has 0 radical (unpaired) electrons. The highest BCUT2D eigenvalue weighted by atomic mass is 32.1. The van der Waals surface area contributed by atoms with E-state index in [1.54, 1.807) is 22.5 Å². The Morgan fingerprint density at radius 2 is 0.736 bits per heavy atom. The largest absolute Gasteiger partial charge is 0.310 e. The Labute approximate surface area is 430 Å². The molecule has 72 heavy (non-hydrogen) atoms. The fourth-order valence-electron chi connectivity index (χ4n) is 14.0. The molecule has 1 heterocycles. The molecule has 0 atom stereocenters. The van der Waals surface area contributed by atoms with Gasteiger partial charge in [0.05, 0.1) is 4.88 Å². The van der Waals surface area contributed by atoms with Crippen LogP contribution in [0.1, 0.15) is 123 Å². The summed E-state index contributed by atoms with van der Waals surface area (Å²) in [5.41, 5.74) is 24.8. The number of thiophene rings is 1. The second kappa shape index (κ2) is 17.8. The van der Waals surface area contributed by atoms with Crippen LogP contribution in [0.2, 0.25) is 0 Å². The lowest BCUT2D eigenvalue weighted by molar-refractivity contribution is 0.112. The summed E-state index contributed by atoms with van der Waals surface area (Å²) in [6, 6.07) is 69.9. The van der Waals surface area contributed by atoms with Crippen molar-refractivity contribution in [2.24, 2.45) is 0 Å². The van der Waals surface area contributed by atoms with Gasteiger partial charge in [0.2, 0.25) is 0 Å². The molecular formula is C68H62N2OS. The second-order valence-electron chi connectivity index (χ2n) is 20.2. The van der Waals surface area contributed by atoms with Crippen LogP contribution in [-0.4, -0.2) is 6.29 Å². The van der Waals surface area contributed by atoms with Crippen LogP contribution >= 0.6 is 11.3 Å². The second-order valence-corrected chi connectivity index (χ2v) is 21.3. The first-order chi connectivity index (χ1) is 35.3. The number of carbonyl (C=O) groups is 1. The average molecular weight is 955 g/mol. The van der Waals surface area contributed by atoms with Gasteiger partial charge in [-0.15, -0.1) is 11.3 Å². The molecule has 0 bridgehead atoms. The number of anilines is 6. The van der Waals surface area contributed by atoms with Crippen LogP contribution in [0, 0.1) is 0 Å². The quantitative estimate of drug-likeness (QED) is 0.102. The van der Waals surface area contributed by atoms with E-state index in [4.69, 9.17) is 0 Å². The molecule has 0 saturated carbocycles. The number of hydrogen-bond donors (Lipinski definition) is 0. The van der Waals surface area contributed by atoms with E-state index in [1.807, 2.05) is 6.07 Å². The first-order valence-corrected chi connectivity index (χ1v) is 27.2. The monoisotopic (exact) mass is 954 g/mol. The van der Waals surface area contributed by atoms with E-state index < -0.39 is 0 Å². The molecule has 0 spiro atoms. The van der Waals surface area contributed by atoms with Crippen molar-refractivity contribution in [2.75, 3.05) is 9.80 Å². The Bertz CT molecular complexity index is 3430. The summed E-state index contributed by atoms with van der Waals surface area (Å²) in [5, 5.41) is 0. The Kier molecular flexibility index (Phi) is 11.3. The molecule has 3 aliphatic carbocycles. The van der Waals surface area contributed by atoms with Gasteiger partial charge in [0.15, 0.2) is 6.29 Å². The number of benzene rings is 8. The minimum atomic E-state index is -0.264. The van der Waals surface area contributed by atoms with Gasteiger partial charge in [0.1, 0.15) is 0 Å². The van der Waals surface area contributed by atoms with E-state index in [2.05, 4.69) is 233 Å². The van der Waals surface area contributed by atoms with Crippen LogP contribution in [0.5, 0.6) is 0 Å². The summed E-state index contributed by atoms with van der Waals surface area (Å²) in [6.45, 7) is 14.7. The van der Waals surface area contributed by atoms with Crippen LogP contribution in [0.4, 0.5) is 34.1 Å². The molecule has 0 fully saturated rings. The lowest BCUT2D eigenvalue weighted by Gasteiger charge is -2.40. The predicted octanol–water partition coefficient (Wildman–Crippen LogP) is 19.4. The number of aldehydes is 1. The molecule has 9 aromatic rings. The van der Waals surface area contributed by atoms with Crippen LogP contribution in [-0.2, 0) is 16.2 Å². The highest BCUT2D eigenvalue weighted by Crippen LogP contribution is 2.71. The van der Waals surface area contributed by atoms with Gasteiger partial charge < -0.3 is 9.80 Å². The van der Waals surface area contributed by atoms with Crippen molar-refractivity contribution in [1.82, 2.24) is 0 Å². The molecule has 1 aromatic heterocycles. The Balaban J connectivity index is 1.20. The molecule has 3 nitrogen and oxygen atoms in total. The van der Waals surface area contributed by atoms with Gasteiger partial charge in [-0.05, 0) is 202 Å². The minimum Gasteiger partial charge on any atom is -0.310 e. The van der Waals surface area contributed by atoms with Gasteiger partial charge in [-0.3, -0.25) is 4.79 Å². The van der Waals surface area contributed by atoms with Gasteiger partial charge in [0, 0.05) is 55.2 Å². The van der Waals surface area contributed by atoms with Crippen molar-refractivity contribution in [1.29, 1.82) is 0 Å². The maximum absolute atomic E-state index is 12.0. The molecule has 356 valence electrons. The number of rotatable bonds is 14. The Morgan fingerprint density at radius 3 is 1.14 bits per heavy atom. The third kappa shape index (κ3) is 6.44. The summed E-state index contributed by atoms with van der Waals surface area (Å²) in [4.78, 5) is 18.8. The van der Waals surface area contributed by atoms with Crippen molar-refractivity contribution in [3.63, 3.8) is 0 Å². The SMILES string of the molecule is CCC1(CC)c2cc(N(c3ccccc3)c3ccccc3)ccc2-c2c3c(c4c(c21)-c1ccc(-c2ccc(C=O)s2)cc1C4(CC)CC)C(CC)(CC)c1cc(N(c2ccccc2)c2ccccc2)ccc1-3. The summed E-state index contributed by atoms with van der Waals surface area (Å²) in [5.74, 6) is 0. The van der Waals surface area contributed by atoms with Gasteiger partial charge >= 0.3 is 0 Å². The molecule has 8 aromatic carbocycles. The maximum atomic E-state index is 12.0. The van der Waals surface area contributed by atoms with E-state index in [-0.39, 0.29) is 16.2 Å². The summed E-state index contributed by atoms with van der Waals surface area (Å²) < 4.78 is 0. The zero-order valence-corrected chi connectivity index (χ0v) is 43.2. The number of carbonyl (C=O) groups excluding carboxylic acids is 1. The van der Waals surface area contributed by atoms with E-state index in [0.717, 1.165) is 77.3 Å². The maximum Gasteiger partial charge on any atom is 0.160 e. The molecule has 3 aliphatic rings. The van der Waals surface area contributed by atoms with Crippen LogP contribution in [0.3, 0.4) is 0 Å². The fourth-order valence-corrected chi connectivity index (χ4v) is 14.8. The van der Waals surface area contributed by atoms with E-state index >= 15 is 0 Å². The molecule has 4 heteroatoms. The third-order valence-electron chi connectivity index (χ3n) is 17.5. The highest BCUT2D eigenvalue weighted by Gasteiger charge is 2.56. The summed E-state index contributed by atoms with van der Waals surface area (Å²) >= 11 is 1.59. The predicted molar refractivity (Wildman–Crippen MR) is 305 cm³/mol. The van der Waals surface area contributed by atoms with Crippen LogP contribution < -0.4 is 9.80 Å². The zero-order valence-electron chi connectivity index (χ0n) is 42.4. The zero-order chi connectivity index (χ0) is 49.4. The molecule has 0 unspecified atom stereocenters. The van der Waals surface area contributed by atoms with Gasteiger partial charge in [-0.2, -0.15) is 0 Å². The molecule has 0 saturated heterocycles. The smallest absolute Gasteiger partial charge is 0.160 e. The number of hydrogen-bond acceptors (Lipinski definition) is 4. The molecule has 0 amide bonds. The Hall–Kier alpha value is -7.27. The molecular weight excluding hydrogens is 893 g/mol. The number of fused-ring (bicyclic) bond motifs is 12. The molecule has 12 rings (SSSR count). The first kappa shape index (κ1) is 45.8. The average Bonchev–Trinajstić information content (AvgIpc) is 4.19. The Morgan fingerprint density at radius 1 is 0.375 bits per heavy atom. The lowest BCUT2D eigenvalue weighted by Crippen LogP contribution is -2.32. The molecule has 0 aliphatic heterocycles. The third-order valence-corrected chi connectivity index (χ3v) is 18.6. The summed E-state index contributed by atoms with van der Waals surface area (Å²) in [6.07, 6.45) is 6.84. The van der Waals surface area contributed by atoms with Crippen molar-refractivity contribution in [3.8, 4) is 43.8 Å². The van der Waals surface area contributed by atoms with Crippen molar-refractivity contribution >= 4 is 51.7 Å². The number of para-hydroxylation sites is 4. The van der Waals surface area contributed by atoms with Crippen molar-refractivity contribution in [3.05, 3.63) is 226 Å². The normalized spacial score (nSPS) is 14.7. The van der Waals surface area contributed by atoms with Crippen LogP contribution in [0.15, 0.2) is 188 Å². The molecule has 0 N–H and O–H groups in total. The topological polar surface area (TPSA) is 23.6 Å². The van der Waals surface area contributed by atoms with Gasteiger partial charge in [0.25, 0.3) is 0 Å². The first-order valence-electron chi connectivity index (χ1n) is 26.4. The number of nitrogens with zero attached hydrogens (tertiary/aromatic N) is 2. The van der Waals surface area contributed by atoms with Crippen molar-refractivity contribution in [2.45, 2.75) is 96.3 Å². The van der Waals surface area contributed by atoms with E-state index in [1.165, 1.54) is 72.6 Å². The fraction of sp³-hybridized carbons (Fsp3) is 0.221. The summed E-state index contributed by atoms with van der Waals surface area (Å²) in [7, 11) is 0. The van der Waals surface area contributed by atoms with Gasteiger partial charge in [-0.1, -0.05) is 139 Å². The highest BCUT2D eigenvalue weighted by molar-refractivity contribution is 7.17. The minimum absolute atomic E-state index is 0.240. The van der Waals surface area contributed by atoms with Crippen LogP contribution in [0.25, 0.3) is 43.8 Å². The lowest BCUT2D eigenvalue weighted by atomic mass is 9.63. The van der Waals surface area contributed by atoms with Crippen molar-refractivity contribution < 1.29 is 4.79 Å². The van der Waals surface area contributed by atoms with E-state index in [0.29, 0.717) is 0 Å².